The Balaban J connectivity index is 1.82. The number of benzene rings is 2. The predicted octanol–water partition coefficient (Wildman–Crippen LogP) is 2.00. The van der Waals surface area contributed by atoms with Gasteiger partial charge in [0.05, 0.1) is 6.04 Å². The maximum absolute atomic E-state index is 14.0. The van der Waals surface area contributed by atoms with Crippen molar-refractivity contribution in [1.82, 2.24) is 26.2 Å². The van der Waals surface area contributed by atoms with Crippen molar-refractivity contribution in [3.63, 3.8) is 0 Å². The second-order valence-corrected chi connectivity index (χ2v) is 15.7. The average molecular weight is 779 g/mol. The molecule has 0 spiro atoms. The van der Waals surface area contributed by atoms with Gasteiger partial charge in [0.25, 0.3) is 0 Å². The molecule has 0 radical (unpaired) electrons. The minimum atomic E-state index is -1.36. The van der Waals surface area contributed by atoms with E-state index in [9.17, 15) is 38.7 Å². The number of nitrogens with zero attached hydrogens (tertiary/aromatic N) is 1. The summed E-state index contributed by atoms with van der Waals surface area (Å²) < 4.78 is 5.40. The molecule has 56 heavy (non-hydrogen) atoms. The molecule has 1 fully saturated rings. The number of nitrogens with two attached hydrogens (primary N) is 1. The summed E-state index contributed by atoms with van der Waals surface area (Å²) in [5, 5.41) is 20.6. The summed E-state index contributed by atoms with van der Waals surface area (Å²) in [6.07, 6.45) is 0.631. The van der Waals surface area contributed by atoms with Crippen LogP contribution >= 0.6 is 0 Å². The van der Waals surface area contributed by atoms with Gasteiger partial charge in [0, 0.05) is 25.8 Å². The summed E-state index contributed by atoms with van der Waals surface area (Å²) in [7, 11) is 0. The fourth-order valence-corrected chi connectivity index (χ4v) is 6.35. The first kappa shape index (κ1) is 45.1. The van der Waals surface area contributed by atoms with Crippen LogP contribution in [0.25, 0.3) is 0 Å². The lowest BCUT2D eigenvalue weighted by atomic mass is 10.0. The maximum Gasteiger partial charge on any atom is 0.326 e. The molecule has 7 N–H and O–H groups in total. The number of carboxylic acids is 1. The van der Waals surface area contributed by atoms with Crippen molar-refractivity contribution in [2.24, 2.45) is 11.7 Å². The van der Waals surface area contributed by atoms with Gasteiger partial charge in [0.15, 0.2) is 0 Å². The molecular formula is C41H58N6O9. The van der Waals surface area contributed by atoms with Crippen LogP contribution in [0.3, 0.4) is 0 Å². The SMILES string of the molecule is CC(C)C[C@H](NC(=O)[C@@H]1CCCN1C(=O)[C@H](Cc1ccccc1)NC(=O)[C@H](C)N)C(=O)N[C@@H](CCC(=O)OC(C)(C)C)C(=O)N[C@@H](Cc1ccccc1)C(=O)O. The van der Waals surface area contributed by atoms with Crippen molar-refractivity contribution in [2.75, 3.05) is 6.54 Å². The zero-order valence-corrected chi connectivity index (χ0v) is 33.2. The van der Waals surface area contributed by atoms with E-state index in [1.54, 1.807) is 51.1 Å². The van der Waals surface area contributed by atoms with Crippen molar-refractivity contribution >= 4 is 41.5 Å². The molecule has 15 nitrogen and oxygen atoms in total. The van der Waals surface area contributed by atoms with E-state index in [1.165, 1.54) is 11.8 Å². The Kier molecular flexibility index (Phi) is 17.0. The van der Waals surface area contributed by atoms with Crippen LogP contribution < -0.4 is 27.0 Å². The normalized spacial score (nSPS) is 16.8. The van der Waals surface area contributed by atoms with Crippen molar-refractivity contribution in [2.45, 2.75) is 128 Å². The standard InChI is InChI=1S/C41H58N6O9/c1-25(2)22-30(44-38(52)33-18-13-21-47(33)39(53)31(45-35(49)26(3)42)23-27-14-9-7-10-15-27)37(51)43-29(19-20-34(48)56-41(4,5)6)36(50)46-32(40(54)55)24-28-16-11-8-12-17-28/h7-12,14-17,25-26,29-33H,13,18-24,42H2,1-6H3,(H,43,51)(H,44,52)(H,45,49)(H,46,50)(H,54,55)/t26-,29-,30-,31-,32-,33-/m0/s1. The van der Waals surface area contributed by atoms with Crippen LogP contribution in [0.1, 0.15) is 84.8 Å². The summed E-state index contributed by atoms with van der Waals surface area (Å²) >= 11 is 0. The molecule has 1 aliphatic heterocycles. The Bertz CT molecular complexity index is 1660. The molecule has 0 aromatic heterocycles. The van der Waals surface area contributed by atoms with E-state index in [2.05, 4.69) is 21.3 Å². The van der Waals surface area contributed by atoms with E-state index in [0.717, 1.165) is 5.56 Å². The van der Waals surface area contributed by atoms with Crippen molar-refractivity contribution in [1.29, 1.82) is 0 Å². The van der Waals surface area contributed by atoms with Crippen LogP contribution in [0.15, 0.2) is 60.7 Å². The van der Waals surface area contributed by atoms with Gasteiger partial charge in [-0.05, 0) is 70.4 Å². The summed E-state index contributed by atoms with van der Waals surface area (Å²) in [5.74, 6) is -5.14. The quantitative estimate of drug-likeness (QED) is 0.114. The number of carboxylic acid groups (broad SMARTS) is 1. The van der Waals surface area contributed by atoms with Gasteiger partial charge in [-0.3, -0.25) is 28.8 Å². The Morgan fingerprint density at radius 3 is 1.80 bits per heavy atom. The van der Waals surface area contributed by atoms with Crippen molar-refractivity contribution < 1.29 is 43.4 Å². The molecule has 15 heteroatoms. The zero-order valence-electron chi connectivity index (χ0n) is 33.2. The molecule has 2 aromatic rings. The maximum atomic E-state index is 14.0. The highest BCUT2D eigenvalue weighted by Gasteiger charge is 2.40. The molecule has 6 atom stereocenters. The van der Waals surface area contributed by atoms with Gasteiger partial charge in [-0.1, -0.05) is 74.5 Å². The van der Waals surface area contributed by atoms with E-state index in [1.807, 2.05) is 44.2 Å². The highest BCUT2D eigenvalue weighted by Crippen LogP contribution is 2.21. The minimum Gasteiger partial charge on any atom is -0.480 e. The number of hydrogen-bond donors (Lipinski definition) is 6. The fourth-order valence-electron chi connectivity index (χ4n) is 6.35. The molecule has 306 valence electrons. The van der Waals surface area contributed by atoms with E-state index in [-0.39, 0.29) is 44.6 Å². The molecule has 1 saturated heterocycles. The van der Waals surface area contributed by atoms with Crippen molar-refractivity contribution in [3.05, 3.63) is 71.8 Å². The summed E-state index contributed by atoms with van der Waals surface area (Å²) in [4.78, 5) is 94.5. The number of carbonyl (C=O) groups excluding carboxylic acids is 6. The monoisotopic (exact) mass is 778 g/mol. The lowest BCUT2D eigenvalue weighted by molar-refractivity contribution is -0.155. The lowest BCUT2D eigenvalue weighted by Crippen LogP contribution is -2.59. The number of hydrogen-bond acceptors (Lipinski definition) is 9. The zero-order chi connectivity index (χ0) is 41.6. The molecule has 2 aromatic carbocycles. The Morgan fingerprint density at radius 2 is 1.29 bits per heavy atom. The lowest BCUT2D eigenvalue weighted by Gasteiger charge is -2.31. The Labute approximate surface area is 328 Å². The minimum absolute atomic E-state index is 0.0293. The molecule has 1 aliphatic rings. The van der Waals surface area contributed by atoms with Gasteiger partial charge in [-0.15, -0.1) is 0 Å². The second-order valence-electron chi connectivity index (χ2n) is 15.7. The van der Waals surface area contributed by atoms with Gasteiger partial charge in [0.2, 0.25) is 29.5 Å². The smallest absolute Gasteiger partial charge is 0.326 e. The van der Waals surface area contributed by atoms with E-state index in [0.29, 0.717) is 18.4 Å². The molecule has 1 heterocycles. The topological polar surface area (TPSA) is 226 Å². The van der Waals surface area contributed by atoms with Crippen molar-refractivity contribution in [3.8, 4) is 0 Å². The third-order valence-corrected chi connectivity index (χ3v) is 9.08. The van der Waals surface area contributed by atoms with Crippen LogP contribution in [0.2, 0.25) is 0 Å². The highest BCUT2D eigenvalue weighted by atomic mass is 16.6. The highest BCUT2D eigenvalue weighted by molar-refractivity contribution is 5.96. The van der Waals surface area contributed by atoms with Gasteiger partial charge in [0.1, 0.15) is 35.8 Å². The third-order valence-electron chi connectivity index (χ3n) is 9.08. The molecule has 0 bridgehead atoms. The average Bonchev–Trinajstić information content (AvgIpc) is 3.62. The Hall–Kier alpha value is -5.31. The molecule has 3 rings (SSSR count). The first-order chi connectivity index (χ1) is 26.3. The first-order valence-corrected chi connectivity index (χ1v) is 19.1. The number of amides is 5. The summed E-state index contributed by atoms with van der Waals surface area (Å²) in [6, 6.07) is 11.1. The van der Waals surface area contributed by atoms with Gasteiger partial charge in [-0.25, -0.2) is 4.79 Å². The molecular weight excluding hydrogens is 720 g/mol. The largest absolute Gasteiger partial charge is 0.480 e. The molecule has 0 aliphatic carbocycles. The molecule has 0 unspecified atom stereocenters. The third kappa shape index (κ3) is 14.7. The number of nitrogens with one attached hydrogen (secondary N) is 4. The first-order valence-electron chi connectivity index (χ1n) is 19.1. The van der Waals surface area contributed by atoms with E-state index < -0.39 is 83.3 Å². The molecule has 0 saturated carbocycles. The van der Waals surface area contributed by atoms with Crippen LogP contribution in [0.5, 0.6) is 0 Å². The summed E-state index contributed by atoms with van der Waals surface area (Å²) in [5.41, 5.74) is 6.45. The number of likely N-dealkylation sites (tertiary alicyclic amines) is 1. The Morgan fingerprint density at radius 1 is 0.768 bits per heavy atom. The second kappa shape index (κ2) is 21.1. The fraction of sp³-hybridized carbons (Fsp3) is 0.537. The number of esters is 1. The van der Waals surface area contributed by atoms with Crippen LogP contribution in [-0.4, -0.2) is 99.9 Å². The summed E-state index contributed by atoms with van der Waals surface area (Å²) in [6.45, 7) is 10.5. The number of carbonyl (C=O) groups is 7. The van der Waals surface area contributed by atoms with Crippen LogP contribution in [0, 0.1) is 5.92 Å². The number of rotatable bonds is 19. The van der Waals surface area contributed by atoms with Gasteiger partial charge >= 0.3 is 11.9 Å². The van der Waals surface area contributed by atoms with Gasteiger partial charge < -0.3 is 41.7 Å². The van der Waals surface area contributed by atoms with E-state index in [4.69, 9.17) is 10.5 Å². The predicted molar refractivity (Wildman–Crippen MR) is 209 cm³/mol. The van der Waals surface area contributed by atoms with Gasteiger partial charge in [-0.2, -0.15) is 0 Å². The van der Waals surface area contributed by atoms with Crippen LogP contribution in [0.4, 0.5) is 0 Å². The number of ether oxygens (including phenoxy) is 1. The number of aliphatic carboxylic acids is 1. The van der Waals surface area contributed by atoms with E-state index >= 15 is 0 Å². The van der Waals surface area contributed by atoms with Crippen LogP contribution in [-0.2, 0) is 51.1 Å². The molecule has 5 amide bonds.